The van der Waals surface area contributed by atoms with Crippen molar-refractivity contribution in [2.75, 3.05) is 0 Å². The summed E-state index contributed by atoms with van der Waals surface area (Å²) >= 11 is 6.00. The Morgan fingerprint density at radius 1 is 1.16 bits per heavy atom. The zero-order valence-corrected chi connectivity index (χ0v) is 11.3. The first-order valence-electron chi connectivity index (χ1n) is 5.66. The minimum absolute atomic E-state index is 0.0127. The molecule has 2 rings (SSSR count). The highest BCUT2D eigenvalue weighted by molar-refractivity contribution is 6.32. The second-order valence-electron chi connectivity index (χ2n) is 4.24. The van der Waals surface area contributed by atoms with Gasteiger partial charge in [-0.05, 0) is 32.0 Å². The van der Waals surface area contributed by atoms with Crippen LogP contribution in [0.15, 0.2) is 36.4 Å². The molecule has 0 N–H and O–H groups in total. The Morgan fingerprint density at radius 3 is 2.37 bits per heavy atom. The number of nitro benzene ring substituents is 1. The summed E-state index contributed by atoms with van der Waals surface area (Å²) in [6, 6.07) is 10.4. The maximum absolute atomic E-state index is 10.8. The van der Waals surface area contributed by atoms with Gasteiger partial charge in [0.15, 0.2) is 0 Å². The fourth-order valence-corrected chi connectivity index (χ4v) is 1.85. The van der Waals surface area contributed by atoms with Crippen molar-refractivity contribution in [3.05, 3.63) is 62.7 Å². The molecule has 4 nitrogen and oxygen atoms in total. The molecule has 0 fully saturated rings. The first-order chi connectivity index (χ1) is 8.97. The molecular weight excluding hydrogens is 266 g/mol. The Bertz CT molecular complexity index is 623. The van der Waals surface area contributed by atoms with Crippen LogP contribution in [0.2, 0.25) is 5.02 Å². The van der Waals surface area contributed by atoms with E-state index < -0.39 is 4.92 Å². The summed E-state index contributed by atoms with van der Waals surface area (Å²) < 4.78 is 5.63. The Morgan fingerprint density at radius 2 is 1.79 bits per heavy atom. The van der Waals surface area contributed by atoms with Crippen molar-refractivity contribution >= 4 is 17.3 Å². The lowest BCUT2D eigenvalue weighted by Gasteiger charge is -2.09. The zero-order valence-electron chi connectivity index (χ0n) is 10.5. The Hall–Kier alpha value is -2.07. The van der Waals surface area contributed by atoms with Crippen molar-refractivity contribution in [1.29, 1.82) is 0 Å². The number of benzene rings is 2. The van der Waals surface area contributed by atoms with Crippen LogP contribution in [0.1, 0.15) is 11.1 Å². The molecule has 98 valence electrons. The van der Waals surface area contributed by atoms with Gasteiger partial charge in [-0.25, -0.2) is 0 Å². The maximum atomic E-state index is 10.8. The predicted octanol–water partition coefficient (Wildman–Crippen LogP) is 4.66. The molecule has 0 heterocycles. The van der Waals surface area contributed by atoms with Gasteiger partial charge in [-0.2, -0.15) is 0 Å². The van der Waals surface area contributed by atoms with E-state index in [0.29, 0.717) is 17.1 Å². The molecule has 2 aromatic carbocycles. The lowest BCUT2D eigenvalue weighted by Crippen LogP contribution is -1.93. The van der Waals surface area contributed by atoms with Gasteiger partial charge in [0.1, 0.15) is 11.5 Å². The molecular formula is C14H12ClNO3. The van der Waals surface area contributed by atoms with Crippen LogP contribution in [0.3, 0.4) is 0 Å². The van der Waals surface area contributed by atoms with Crippen LogP contribution in [0.25, 0.3) is 0 Å². The highest BCUT2D eigenvalue weighted by Gasteiger charge is 2.15. The fraction of sp³-hybridized carbons (Fsp3) is 0.143. The number of halogens is 1. The average Bonchev–Trinajstić information content (AvgIpc) is 2.35. The molecule has 0 aliphatic rings. The van der Waals surface area contributed by atoms with E-state index in [2.05, 4.69) is 0 Å². The van der Waals surface area contributed by atoms with Crippen LogP contribution in [-0.2, 0) is 0 Å². The predicted molar refractivity (Wildman–Crippen MR) is 74.1 cm³/mol. The molecule has 0 radical (unpaired) electrons. The van der Waals surface area contributed by atoms with Gasteiger partial charge in [0.2, 0.25) is 0 Å². The van der Waals surface area contributed by atoms with Crippen LogP contribution in [0.5, 0.6) is 11.5 Å². The number of rotatable bonds is 3. The molecule has 0 saturated heterocycles. The standard InChI is InChI=1S/C14H12ClNO3/c1-9-3-5-11(6-4-9)19-14-7-10(2)13(16(17)18)8-12(14)15/h3-8H,1-2H3. The lowest BCUT2D eigenvalue weighted by molar-refractivity contribution is -0.385. The summed E-state index contributed by atoms with van der Waals surface area (Å²) in [5, 5.41) is 11.0. The van der Waals surface area contributed by atoms with Gasteiger partial charge < -0.3 is 4.74 Å². The molecule has 5 heteroatoms. The molecule has 19 heavy (non-hydrogen) atoms. The number of hydrogen-bond acceptors (Lipinski definition) is 3. The second-order valence-corrected chi connectivity index (χ2v) is 4.65. The normalized spacial score (nSPS) is 10.3. The van der Waals surface area contributed by atoms with E-state index in [0.717, 1.165) is 5.56 Å². The van der Waals surface area contributed by atoms with Gasteiger partial charge in [0.05, 0.1) is 9.95 Å². The molecule has 0 aromatic heterocycles. The van der Waals surface area contributed by atoms with Crippen molar-refractivity contribution in [3.8, 4) is 11.5 Å². The van der Waals surface area contributed by atoms with Gasteiger partial charge in [-0.15, -0.1) is 0 Å². The third-order valence-corrected chi connectivity index (χ3v) is 2.99. The average molecular weight is 278 g/mol. The fourth-order valence-electron chi connectivity index (χ4n) is 1.65. The van der Waals surface area contributed by atoms with E-state index in [4.69, 9.17) is 16.3 Å². The molecule has 0 saturated carbocycles. The highest BCUT2D eigenvalue weighted by atomic mass is 35.5. The summed E-state index contributed by atoms with van der Waals surface area (Å²) in [5.74, 6) is 1.05. The summed E-state index contributed by atoms with van der Waals surface area (Å²) in [5.41, 5.74) is 1.62. The van der Waals surface area contributed by atoms with Crippen LogP contribution in [0, 0.1) is 24.0 Å². The third-order valence-electron chi connectivity index (χ3n) is 2.70. The Kier molecular flexibility index (Phi) is 3.71. The summed E-state index contributed by atoms with van der Waals surface area (Å²) in [4.78, 5) is 10.3. The van der Waals surface area contributed by atoms with Crippen LogP contribution in [-0.4, -0.2) is 4.92 Å². The lowest BCUT2D eigenvalue weighted by atomic mass is 10.2. The highest BCUT2D eigenvalue weighted by Crippen LogP contribution is 2.34. The minimum Gasteiger partial charge on any atom is -0.456 e. The van der Waals surface area contributed by atoms with Crippen LogP contribution >= 0.6 is 11.6 Å². The van der Waals surface area contributed by atoms with E-state index in [-0.39, 0.29) is 10.7 Å². The minimum atomic E-state index is -0.461. The number of nitrogens with zero attached hydrogens (tertiary/aromatic N) is 1. The van der Waals surface area contributed by atoms with Gasteiger partial charge in [-0.1, -0.05) is 29.3 Å². The SMILES string of the molecule is Cc1ccc(Oc2cc(C)c([N+](=O)[O-])cc2Cl)cc1. The Balaban J connectivity index is 2.33. The molecule has 0 aliphatic carbocycles. The van der Waals surface area contributed by atoms with Crippen molar-refractivity contribution in [3.63, 3.8) is 0 Å². The first-order valence-corrected chi connectivity index (χ1v) is 6.04. The summed E-state index contributed by atoms with van der Waals surface area (Å²) in [6.45, 7) is 3.63. The van der Waals surface area contributed by atoms with Gasteiger partial charge in [0.25, 0.3) is 5.69 Å². The largest absolute Gasteiger partial charge is 0.456 e. The van der Waals surface area contributed by atoms with Crippen molar-refractivity contribution in [2.45, 2.75) is 13.8 Å². The maximum Gasteiger partial charge on any atom is 0.274 e. The number of aryl methyl sites for hydroxylation is 2. The van der Waals surface area contributed by atoms with E-state index in [1.54, 1.807) is 13.0 Å². The van der Waals surface area contributed by atoms with Gasteiger partial charge in [0, 0.05) is 11.6 Å². The monoisotopic (exact) mass is 277 g/mol. The quantitative estimate of drug-likeness (QED) is 0.606. The number of ether oxygens (including phenoxy) is 1. The zero-order chi connectivity index (χ0) is 14.0. The first kappa shape index (κ1) is 13.4. The van der Waals surface area contributed by atoms with Crippen molar-refractivity contribution in [1.82, 2.24) is 0 Å². The summed E-state index contributed by atoms with van der Waals surface area (Å²) in [7, 11) is 0. The Labute approximate surface area is 115 Å². The topological polar surface area (TPSA) is 52.4 Å². The molecule has 0 unspecified atom stereocenters. The summed E-state index contributed by atoms with van der Waals surface area (Å²) in [6.07, 6.45) is 0. The van der Waals surface area contributed by atoms with Crippen molar-refractivity contribution in [2.24, 2.45) is 0 Å². The molecule has 0 bridgehead atoms. The van der Waals surface area contributed by atoms with Gasteiger partial charge in [-0.3, -0.25) is 10.1 Å². The third kappa shape index (κ3) is 3.03. The number of hydrogen-bond donors (Lipinski definition) is 0. The van der Waals surface area contributed by atoms with E-state index in [1.807, 2.05) is 31.2 Å². The smallest absolute Gasteiger partial charge is 0.274 e. The molecule has 2 aromatic rings. The molecule has 0 atom stereocenters. The molecule has 0 spiro atoms. The van der Waals surface area contributed by atoms with Crippen LogP contribution < -0.4 is 4.74 Å². The van der Waals surface area contributed by atoms with E-state index >= 15 is 0 Å². The van der Waals surface area contributed by atoms with E-state index in [9.17, 15) is 10.1 Å². The molecule has 0 amide bonds. The van der Waals surface area contributed by atoms with Crippen molar-refractivity contribution < 1.29 is 9.66 Å². The van der Waals surface area contributed by atoms with Gasteiger partial charge >= 0.3 is 0 Å². The number of nitro groups is 1. The second kappa shape index (κ2) is 5.28. The van der Waals surface area contributed by atoms with E-state index in [1.165, 1.54) is 6.07 Å². The molecule has 0 aliphatic heterocycles. The van der Waals surface area contributed by atoms with Crippen LogP contribution in [0.4, 0.5) is 5.69 Å².